The molecular formula is C41H54O4. The summed E-state index contributed by atoms with van der Waals surface area (Å²) < 4.78 is 12.9. The fourth-order valence-corrected chi connectivity index (χ4v) is 11.0. The first-order valence-electron chi connectivity index (χ1n) is 18.0. The molecule has 0 amide bonds. The molecule has 4 nitrogen and oxygen atoms in total. The molecule has 0 aliphatic heterocycles. The van der Waals surface area contributed by atoms with Gasteiger partial charge in [0.1, 0.15) is 29.6 Å². The van der Waals surface area contributed by atoms with Gasteiger partial charge in [-0.25, -0.2) is 0 Å². The third kappa shape index (κ3) is 4.29. The summed E-state index contributed by atoms with van der Waals surface area (Å²) in [6, 6.07) is 8.42. The number of phenolic OH excluding ortho intramolecular Hbond substituents is 2. The van der Waals surface area contributed by atoms with Crippen molar-refractivity contribution in [2.75, 3.05) is 13.7 Å². The number of aryl methyl sites for hydroxylation is 2. The number of allylic oxidation sites excluding steroid dienone is 3. The fourth-order valence-electron chi connectivity index (χ4n) is 11.0. The molecule has 3 fully saturated rings. The van der Waals surface area contributed by atoms with Gasteiger partial charge in [0, 0.05) is 22.0 Å². The summed E-state index contributed by atoms with van der Waals surface area (Å²) in [6.07, 6.45) is 17.1. The molecule has 7 unspecified atom stereocenters. The monoisotopic (exact) mass is 610 g/mol. The van der Waals surface area contributed by atoms with Gasteiger partial charge in [0.2, 0.25) is 0 Å². The Morgan fingerprint density at radius 2 is 1.51 bits per heavy atom. The molecule has 2 N–H and O–H groups in total. The van der Waals surface area contributed by atoms with E-state index in [0.717, 1.165) is 66.7 Å². The number of fused-ring (bicyclic) bond motifs is 3. The lowest BCUT2D eigenvalue weighted by Crippen LogP contribution is -2.26. The average Bonchev–Trinajstić information content (AvgIpc) is 3.29. The summed E-state index contributed by atoms with van der Waals surface area (Å²) >= 11 is 0. The van der Waals surface area contributed by atoms with Crippen LogP contribution in [0.2, 0.25) is 0 Å². The Hall–Kier alpha value is -2.88. The quantitative estimate of drug-likeness (QED) is 0.165. The van der Waals surface area contributed by atoms with E-state index in [0.29, 0.717) is 41.8 Å². The van der Waals surface area contributed by atoms with Crippen LogP contribution < -0.4 is 9.47 Å². The van der Waals surface area contributed by atoms with Gasteiger partial charge in [-0.1, -0.05) is 71.1 Å². The molecule has 0 spiro atoms. The van der Waals surface area contributed by atoms with Crippen molar-refractivity contribution in [3.05, 3.63) is 69.8 Å². The first-order chi connectivity index (χ1) is 21.7. The Morgan fingerprint density at radius 1 is 0.867 bits per heavy atom. The third-order valence-electron chi connectivity index (χ3n) is 13.4. The maximum atomic E-state index is 11.7. The zero-order valence-electron chi connectivity index (χ0n) is 28.5. The molecule has 5 aliphatic rings. The van der Waals surface area contributed by atoms with Crippen LogP contribution in [0.1, 0.15) is 115 Å². The molecular weight excluding hydrogens is 556 g/mol. The van der Waals surface area contributed by atoms with Crippen LogP contribution in [-0.4, -0.2) is 23.9 Å². The van der Waals surface area contributed by atoms with E-state index in [1.54, 1.807) is 7.11 Å². The molecule has 0 aromatic heterocycles. The molecule has 5 aliphatic carbocycles. The Labute approximate surface area is 270 Å². The minimum atomic E-state index is -0.256. The summed E-state index contributed by atoms with van der Waals surface area (Å²) in [5.74, 6) is 4.48. The van der Waals surface area contributed by atoms with E-state index in [-0.39, 0.29) is 16.2 Å². The topological polar surface area (TPSA) is 58.9 Å². The minimum absolute atomic E-state index is 0.0985. The highest BCUT2D eigenvalue weighted by molar-refractivity contribution is 5.67. The van der Waals surface area contributed by atoms with E-state index >= 15 is 0 Å². The molecule has 2 bridgehead atoms. The van der Waals surface area contributed by atoms with Crippen molar-refractivity contribution >= 4 is 0 Å². The fraction of sp³-hybridized carbons (Fsp3) is 0.610. The smallest absolute Gasteiger partial charge is 0.127 e. The second-order valence-electron chi connectivity index (χ2n) is 15.5. The van der Waals surface area contributed by atoms with Gasteiger partial charge in [-0.15, -0.1) is 0 Å². The highest BCUT2D eigenvalue weighted by Gasteiger charge is 2.86. The molecule has 4 heteroatoms. The first-order valence-corrected chi connectivity index (χ1v) is 18.0. The van der Waals surface area contributed by atoms with Gasteiger partial charge < -0.3 is 19.7 Å². The van der Waals surface area contributed by atoms with E-state index in [9.17, 15) is 10.2 Å². The summed E-state index contributed by atoms with van der Waals surface area (Å²) in [7, 11) is 1.74. The van der Waals surface area contributed by atoms with E-state index in [2.05, 4.69) is 58.9 Å². The number of unbranched alkanes of at least 4 members (excludes halogenated alkanes) is 4. The lowest BCUT2D eigenvalue weighted by atomic mass is 9.72. The molecule has 3 saturated carbocycles. The van der Waals surface area contributed by atoms with Gasteiger partial charge in [-0.3, -0.25) is 0 Å². The second-order valence-corrected chi connectivity index (χ2v) is 15.5. The van der Waals surface area contributed by atoms with E-state index in [1.807, 2.05) is 12.1 Å². The number of aromatic hydroxyl groups is 2. The van der Waals surface area contributed by atoms with Gasteiger partial charge in [0.15, 0.2) is 0 Å². The maximum Gasteiger partial charge on any atom is 0.127 e. The number of methoxy groups -OCH3 is 1. The number of ether oxygens (including phenoxy) is 2. The lowest BCUT2D eigenvalue weighted by Gasteiger charge is -2.32. The Kier molecular flexibility index (Phi) is 7.61. The van der Waals surface area contributed by atoms with Crippen molar-refractivity contribution < 1.29 is 19.7 Å². The van der Waals surface area contributed by atoms with Crippen molar-refractivity contribution in [3.63, 3.8) is 0 Å². The summed E-state index contributed by atoms with van der Waals surface area (Å²) in [5.41, 5.74) is 6.96. The Bertz CT molecular complexity index is 1550. The van der Waals surface area contributed by atoms with Crippen LogP contribution in [0.4, 0.5) is 0 Å². The molecule has 0 saturated heterocycles. The van der Waals surface area contributed by atoms with Crippen LogP contribution in [0.25, 0.3) is 0 Å². The van der Waals surface area contributed by atoms with E-state index < -0.39 is 0 Å². The maximum absolute atomic E-state index is 11.7. The normalized spacial score (nSPS) is 33.5. The number of hydrogen-bond donors (Lipinski definition) is 2. The molecule has 0 heterocycles. The summed E-state index contributed by atoms with van der Waals surface area (Å²) in [6.45, 7) is 12.0. The van der Waals surface area contributed by atoms with Crippen LogP contribution in [0, 0.1) is 29.1 Å². The van der Waals surface area contributed by atoms with Gasteiger partial charge in [0.25, 0.3) is 0 Å². The van der Waals surface area contributed by atoms with Gasteiger partial charge in [-0.2, -0.15) is 0 Å². The Morgan fingerprint density at radius 3 is 2.09 bits per heavy atom. The standard InChI is InChI=1S/C41H54O4/c1-7-9-11-13-27-17-32(42)37(34(19-27)44-6)40-16-15-30(26(40)4)29(23-40)24-45-35-20-28(14-12-10-8-2)18-33(43)38(35)41-22-25(3)31-21-36(41)39(31,41)5/h17-20,22-23,26,30-31,36,42-43H,7-16,21,24H2,1-6H3. The summed E-state index contributed by atoms with van der Waals surface area (Å²) in [5, 5.41) is 23.1. The van der Waals surface area contributed by atoms with E-state index in [1.165, 1.54) is 48.8 Å². The van der Waals surface area contributed by atoms with Crippen molar-refractivity contribution in [3.8, 4) is 23.0 Å². The number of hydrogen-bond acceptors (Lipinski definition) is 4. The molecule has 45 heavy (non-hydrogen) atoms. The predicted molar refractivity (Wildman–Crippen MR) is 182 cm³/mol. The predicted octanol–water partition coefficient (Wildman–Crippen LogP) is 9.73. The first kappa shape index (κ1) is 30.8. The van der Waals surface area contributed by atoms with Crippen molar-refractivity contribution in [1.82, 2.24) is 0 Å². The number of rotatable bonds is 14. The van der Waals surface area contributed by atoms with Crippen molar-refractivity contribution in [1.29, 1.82) is 0 Å². The van der Waals surface area contributed by atoms with Crippen LogP contribution in [0.15, 0.2) is 47.6 Å². The molecule has 7 atom stereocenters. The summed E-state index contributed by atoms with van der Waals surface area (Å²) in [4.78, 5) is 0. The van der Waals surface area contributed by atoms with Crippen LogP contribution in [-0.2, 0) is 23.7 Å². The molecule has 0 radical (unpaired) electrons. The second kappa shape index (κ2) is 11.1. The van der Waals surface area contributed by atoms with Crippen LogP contribution in [0.3, 0.4) is 0 Å². The minimum Gasteiger partial charge on any atom is -0.507 e. The van der Waals surface area contributed by atoms with Crippen molar-refractivity contribution in [2.24, 2.45) is 29.1 Å². The molecule has 7 rings (SSSR count). The van der Waals surface area contributed by atoms with E-state index in [4.69, 9.17) is 9.47 Å². The third-order valence-corrected chi connectivity index (χ3v) is 13.4. The largest absolute Gasteiger partial charge is 0.507 e. The number of benzene rings is 2. The SMILES string of the molecule is CCCCCc1cc(O)c(C23C=C(COc4cc(CCCCC)cc(O)c4C45C=C(C)C6CC4C65C)C(CC2)C3C)c(OC)c1. The Balaban J connectivity index is 1.21. The highest BCUT2D eigenvalue weighted by Crippen LogP contribution is 2.89. The van der Waals surface area contributed by atoms with Crippen LogP contribution >= 0.6 is 0 Å². The van der Waals surface area contributed by atoms with Gasteiger partial charge in [0.05, 0.1) is 7.11 Å². The number of phenols is 2. The molecule has 2 aromatic rings. The van der Waals surface area contributed by atoms with Crippen molar-refractivity contribution in [2.45, 2.75) is 116 Å². The zero-order valence-corrected chi connectivity index (χ0v) is 28.5. The lowest BCUT2D eigenvalue weighted by molar-refractivity contribution is 0.221. The highest BCUT2D eigenvalue weighted by atomic mass is 16.5. The molecule has 2 aromatic carbocycles. The zero-order chi connectivity index (χ0) is 31.7. The van der Waals surface area contributed by atoms with Gasteiger partial charge >= 0.3 is 0 Å². The van der Waals surface area contributed by atoms with Crippen LogP contribution in [0.5, 0.6) is 23.0 Å². The average molecular weight is 611 g/mol. The molecule has 242 valence electrons. The van der Waals surface area contributed by atoms with Gasteiger partial charge in [-0.05, 0) is 122 Å².